The zero-order valence-corrected chi connectivity index (χ0v) is 12.4. The Bertz CT molecular complexity index is 919. The second-order valence-electron chi connectivity index (χ2n) is 5.44. The number of nitriles is 1. The highest BCUT2D eigenvalue weighted by atomic mass is 19.1. The molecule has 3 rings (SSSR count). The molecule has 2 aromatic rings. The van der Waals surface area contributed by atoms with Crippen molar-refractivity contribution < 1.29 is 14.0 Å². The van der Waals surface area contributed by atoms with Gasteiger partial charge in [-0.15, -0.1) is 0 Å². The average Bonchev–Trinajstić information content (AvgIpc) is 2.57. The highest BCUT2D eigenvalue weighted by Crippen LogP contribution is 2.29. The molecule has 0 bridgehead atoms. The number of benzene rings is 2. The first-order valence-electron chi connectivity index (χ1n) is 7.09. The van der Waals surface area contributed by atoms with E-state index in [0.29, 0.717) is 16.7 Å². The molecule has 0 saturated carbocycles. The van der Waals surface area contributed by atoms with Crippen LogP contribution in [0.1, 0.15) is 38.8 Å². The number of carbonyl (C=O) groups excluding carboxylic acids is 2. The number of hydrogen-bond donors (Lipinski definition) is 0. The third-order valence-corrected chi connectivity index (χ3v) is 3.98. The minimum atomic E-state index is -0.546. The lowest BCUT2D eigenvalue weighted by molar-refractivity contribution is 0.0972. The number of halogens is 1. The fourth-order valence-corrected chi connectivity index (χ4v) is 2.74. The number of ketones is 2. The molecule has 0 saturated heterocycles. The minimum absolute atomic E-state index is 0.104. The Morgan fingerprint density at radius 3 is 2.57 bits per heavy atom. The average molecular weight is 305 g/mol. The molecule has 0 aromatic heterocycles. The molecule has 3 nitrogen and oxygen atoms in total. The van der Waals surface area contributed by atoms with E-state index in [4.69, 9.17) is 5.26 Å². The summed E-state index contributed by atoms with van der Waals surface area (Å²) in [6, 6.07) is 12.5. The van der Waals surface area contributed by atoms with Crippen molar-refractivity contribution in [2.24, 2.45) is 0 Å². The number of Topliss-reactive ketones (excluding diaryl/α,β-unsaturated/α-hetero) is 2. The standard InChI is InChI=1S/C19H12FNO2/c1-11-16(8-12-3-2-4-13(7-12)10-21)19(23)17-9-14(20)5-6-15(17)18(11)22/h2-7,9H,8H2,1H3. The summed E-state index contributed by atoms with van der Waals surface area (Å²) in [6.45, 7) is 1.61. The maximum absolute atomic E-state index is 13.4. The van der Waals surface area contributed by atoms with E-state index in [0.717, 1.165) is 11.6 Å². The lowest BCUT2D eigenvalue weighted by atomic mass is 9.82. The summed E-state index contributed by atoms with van der Waals surface area (Å²) >= 11 is 0. The number of allylic oxidation sites excluding steroid dienone is 2. The van der Waals surface area contributed by atoms with Crippen LogP contribution in [0.15, 0.2) is 53.6 Å². The van der Waals surface area contributed by atoms with Crippen LogP contribution in [0.5, 0.6) is 0 Å². The van der Waals surface area contributed by atoms with E-state index in [2.05, 4.69) is 0 Å². The van der Waals surface area contributed by atoms with Crippen LogP contribution in [0.25, 0.3) is 0 Å². The number of hydrogen-bond acceptors (Lipinski definition) is 3. The van der Waals surface area contributed by atoms with E-state index in [1.165, 1.54) is 12.1 Å². The van der Waals surface area contributed by atoms with Crippen LogP contribution in [-0.4, -0.2) is 11.6 Å². The monoisotopic (exact) mass is 305 g/mol. The van der Waals surface area contributed by atoms with Gasteiger partial charge in [-0.05, 0) is 42.8 Å². The lowest BCUT2D eigenvalue weighted by Gasteiger charge is -2.19. The van der Waals surface area contributed by atoms with Gasteiger partial charge in [-0.3, -0.25) is 9.59 Å². The molecular formula is C19H12FNO2. The molecule has 112 valence electrons. The third-order valence-electron chi connectivity index (χ3n) is 3.98. The van der Waals surface area contributed by atoms with Crippen LogP contribution in [0.2, 0.25) is 0 Å². The van der Waals surface area contributed by atoms with Gasteiger partial charge in [0.25, 0.3) is 0 Å². The molecule has 0 heterocycles. The Morgan fingerprint density at radius 1 is 1.04 bits per heavy atom. The largest absolute Gasteiger partial charge is 0.289 e. The predicted molar refractivity (Wildman–Crippen MR) is 82.6 cm³/mol. The van der Waals surface area contributed by atoms with E-state index in [9.17, 15) is 14.0 Å². The van der Waals surface area contributed by atoms with E-state index < -0.39 is 5.82 Å². The molecule has 1 aliphatic rings. The Kier molecular flexibility index (Phi) is 3.63. The van der Waals surface area contributed by atoms with Crippen LogP contribution in [-0.2, 0) is 6.42 Å². The molecule has 0 radical (unpaired) electrons. The van der Waals surface area contributed by atoms with Crippen molar-refractivity contribution in [3.8, 4) is 6.07 Å². The molecule has 0 amide bonds. The molecule has 0 N–H and O–H groups in total. The van der Waals surface area contributed by atoms with Crippen molar-refractivity contribution in [2.75, 3.05) is 0 Å². The summed E-state index contributed by atoms with van der Waals surface area (Å²) in [5.41, 5.74) is 2.32. The summed E-state index contributed by atoms with van der Waals surface area (Å²) in [7, 11) is 0. The molecule has 0 atom stereocenters. The van der Waals surface area contributed by atoms with E-state index in [-0.39, 0.29) is 29.1 Å². The van der Waals surface area contributed by atoms with Crippen molar-refractivity contribution in [2.45, 2.75) is 13.3 Å². The first kappa shape index (κ1) is 14.9. The Morgan fingerprint density at radius 2 is 1.83 bits per heavy atom. The molecule has 0 spiro atoms. The molecule has 2 aromatic carbocycles. The Balaban J connectivity index is 2.05. The van der Waals surface area contributed by atoms with Crippen molar-refractivity contribution in [3.05, 3.63) is 81.7 Å². The second-order valence-corrected chi connectivity index (χ2v) is 5.44. The fourth-order valence-electron chi connectivity index (χ4n) is 2.74. The highest BCUT2D eigenvalue weighted by molar-refractivity contribution is 6.26. The molecule has 0 unspecified atom stereocenters. The quantitative estimate of drug-likeness (QED) is 0.851. The summed E-state index contributed by atoms with van der Waals surface area (Å²) in [5, 5.41) is 8.95. The smallest absolute Gasteiger partial charge is 0.190 e. The van der Waals surface area contributed by atoms with Gasteiger partial charge >= 0.3 is 0 Å². The van der Waals surface area contributed by atoms with Crippen LogP contribution >= 0.6 is 0 Å². The summed E-state index contributed by atoms with van der Waals surface area (Å²) in [4.78, 5) is 25.1. The van der Waals surface area contributed by atoms with Gasteiger partial charge in [-0.25, -0.2) is 4.39 Å². The van der Waals surface area contributed by atoms with Crippen LogP contribution in [0.3, 0.4) is 0 Å². The van der Waals surface area contributed by atoms with Gasteiger partial charge in [-0.2, -0.15) is 5.26 Å². The maximum Gasteiger partial charge on any atom is 0.190 e. The highest BCUT2D eigenvalue weighted by Gasteiger charge is 2.30. The van der Waals surface area contributed by atoms with Crippen LogP contribution in [0, 0.1) is 17.1 Å². The first-order chi connectivity index (χ1) is 11.0. The SMILES string of the molecule is CC1=C(Cc2cccc(C#N)c2)C(=O)c2cc(F)ccc2C1=O. The molecule has 0 fully saturated rings. The minimum Gasteiger partial charge on any atom is -0.289 e. The van der Waals surface area contributed by atoms with Gasteiger partial charge in [0.15, 0.2) is 11.6 Å². The molecule has 4 heteroatoms. The predicted octanol–water partition coefficient (Wildman–Crippen LogP) is 3.64. The van der Waals surface area contributed by atoms with E-state index >= 15 is 0 Å². The zero-order chi connectivity index (χ0) is 16.6. The maximum atomic E-state index is 13.4. The van der Waals surface area contributed by atoms with Crippen LogP contribution in [0.4, 0.5) is 4.39 Å². The Labute approximate surface area is 132 Å². The number of nitrogens with zero attached hydrogens (tertiary/aromatic N) is 1. The molecule has 0 aliphatic heterocycles. The number of rotatable bonds is 2. The van der Waals surface area contributed by atoms with Gasteiger partial charge in [-0.1, -0.05) is 12.1 Å². The van der Waals surface area contributed by atoms with Crippen molar-refractivity contribution in [3.63, 3.8) is 0 Å². The fraction of sp³-hybridized carbons (Fsp3) is 0.105. The zero-order valence-electron chi connectivity index (χ0n) is 12.4. The topological polar surface area (TPSA) is 57.9 Å². The van der Waals surface area contributed by atoms with Crippen LogP contribution < -0.4 is 0 Å². The second kappa shape index (κ2) is 5.62. The first-order valence-corrected chi connectivity index (χ1v) is 7.09. The number of fused-ring (bicyclic) bond motifs is 1. The van der Waals surface area contributed by atoms with Crippen molar-refractivity contribution in [1.29, 1.82) is 5.26 Å². The van der Waals surface area contributed by atoms with Gasteiger partial charge in [0.2, 0.25) is 0 Å². The normalized spacial score (nSPS) is 13.8. The molecule has 23 heavy (non-hydrogen) atoms. The molecule has 1 aliphatic carbocycles. The van der Waals surface area contributed by atoms with Gasteiger partial charge in [0.1, 0.15) is 5.82 Å². The summed E-state index contributed by atoms with van der Waals surface area (Å²) < 4.78 is 13.4. The van der Waals surface area contributed by atoms with E-state index in [1.54, 1.807) is 31.2 Å². The number of carbonyl (C=O) groups is 2. The van der Waals surface area contributed by atoms with Crippen molar-refractivity contribution >= 4 is 11.6 Å². The van der Waals surface area contributed by atoms with Gasteiger partial charge in [0.05, 0.1) is 11.6 Å². The van der Waals surface area contributed by atoms with Gasteiger partial charge in [0, 0.05) is 28.7 Å². The molecular weight excluding hydrogens is 293 g/mol. The van der Waals surface area contributed by atoms with Gasteiger partial charge < -0.3 is 0 Å². The van der Waals surface area contributed by atoms with Crippen molar-refractivity contribution in [1.82, 2.24) is 0 Å². The van der Waals surface area contributed by atoms with E-state index in [1.807, 2.05) is 6.07 Å². The lowest BCUT2D eigenvalue weighted by Crippen LogP contribution is -2.22. The Hall–Kier alpha value is -3.06. The summed E-state index contributed by atoms with van der Waals surface area (Å²) in [6.07, 6.45) is 0.238. The third kappa shape index (κ3) is 2.58. The summed E-state index contributed by atoms with van der Waals surface area (Å²) in [5.74, 6) is -1.14.